The van der Waals surface area contributed by atoms with Crippen LogP contribution in [0.25, 0.3) is 0 Å². The highest BCUT2D eigenvalue weighted by Gasteiger charge is 1.96. The fourth-order valence-electron chi connectivity index (χ4n) is 1.11. The van der Waals surface area contributed by atoms with Crippen LogP contribution in [0.1, 0.15) is 0 Å². The molecule has 8 nitrogen and oxygen atoms in total. The number of rotatable bonds is 14. The Labute approximate surface area is 119 Å². The molecule has 0 saturated carbocycles. The standard InChI is InChI=1S/C12H26N2O6/c1-14-12(15)20-11-10-19-9-8-18-7-6-17-5-4-16-3-2-13/h2-11,13H2,1H3,(H,14,15). The zero-order valence-corrected chi connectivity index (χ0v) is 12.1. The van der Waals surface area contributed by atoms with Crippen LogP contribution in [0.5, 0.6) is 0 Å². The first-order chi connectivity index (χ1) is 9.81. The summed E-state index contributed by atoms with van der Waals surface area (Å²) in [5.74, 6) is 0. The Hall–Kier alpha value is -0.930. The average molecular weight is 294 g/mol. The molecule has 0 aliphatic heterocycles. The Kier molecular flexibility index (Phi) is 15.4. The molecule has 1 amide bonds. The first kappa shape index (κ1) is 19.1. The van der Waals surface area contributed by atoms with Gasteiger partial charge in [-0.15, -0.1) is 0 Å². The molecule has 0 aliphatic carbocycles. The van der Waals surface area contributed by atoms with Crippen LogP contribution in [0.3, 0.4) is 0 Å². The number of carbonyl (C=O) groups is 1. The minimum atomic E-state index is -0.461. The molecule has 0 atom stereocenters. The molecule has 3 N–H and O–H groups in total. The number of nitrogens with one attached hydrogen (secondary N) is 1. The summed E-state index contributed by atoms with van der Waals surface area (Å²) in [6.07, 6.45) is -0.461. The third-order valence-corrected chi connectivity index (χ3v) is 2.04. The number of alkyl carbamates (subject to hydrolysis) is 1. The van der Waals surface area contributed by atoms with Crippen molar-refractivity contribution in [2.24, 2.45) is 5.73 Å². The zero-order valence-electron chi connectivity index (χ0n) is 12.1. The van der Waals surface area contributed by atoms with Gasteiger partial charge in [0.15, 0.2) is 0 Å². The van der Waals surface area contributed by atoms with E-state index >= 15 is 0 Å². The normalized spacial score (nSPS) is 10.5. The lowest BCUT2D eigenvalue weighted by atomic mass is 10.7. The minimum Gasteiger partial charge on any atom is -0.447 e. The molecule has 0 rings (SSSR count). The lowest BCUT2D eigenvalue weighted by Gasteiger charge is -2.07. The van der Waals surface area contributed by atoms with Crippen molar-refractivity contribution in [3.63, 3.8) is 0 Å². The van der Waals surface area contributed by atoms with Gasteiger partial charge in [-0.3, -0.25) is 0 Å². The molecule has 0 saturated heterocycles. The van der Waals surface area contributed by atoms with Crippen LogP contribution in [0, 0.1) is 0 Å². The van der Waals surface area contributed by atoms with Gasteiger partial charge in [-0.25, -0.2) is 4.79 Å². The number of nitrogens with two attached hydrogens (primary N) is 1. The monoisotopic (exact) mass is 294 g/mol. The zero-order chi connectivity index (χ0) is 14.9. The summed E-state index contributed by atoms with van der Waals surface area (Å²) in [4.78, 5) is 10.7. The van der Waals surface area contributed by atoms with Gasteiger partial charge in [-0.05, 0) is 0 Å². The number of carbonyl (C=O) groups excluding carboxylic acids is 1. The molecule has 0 spiro atoms. The van der Waals surface area contributed by atoms with Crippen LogP contribution in [0.15, 0.2) is 0 Å². The molecule has 0 aromatic heterocycles. The van der Waals surface area contributed by atoms with Crippen LogP contribution in [0.2, 0.25) is 0 Å². The van der Waals surface area contributed by atoms with Gasteiger partial charge in [-0.2, -0.15) is 0 Å². The Balaban J connectivity index is 2.97. The lowest BCUT2D eigenvalue weighted by molar-refractivity contribution is -0.00580. The summed E-state index contributed by atoms with van der Waals surface area (Å²) < 4.78 is 25.6. The van der Waals surface area contributed by atoms with E-state index in [2.05, 4.69) is 5.32 Å². The third kappa shape index (κ3) is 15.1. The van der Waals surface area contributed by atoms with Gasteiger partial charge in [0.25, 0.3) is 0 Å². The first-order valence-electron chi connectivity index (χ1n) is 6.66. The van der Waals surface area contributed by atoms with Crippen molar-refractivity contribution in [2.45, 2.75) is 0 Å². The number of amides is 1. The molecule has 0 fully saturated rings. The predicted molar refractivity (Wildman–Crippen MR) is 72.7 cm³/mol. The Morgan fingerprint density at radius 1 is 0.800 bits per heavy atom. The maximum absolute atomic E-state index is 10.7. The summed E-state index contributed by atoms with van der Waals surface area (Å²) in [7, 11) is 1.50. The fraction of sp³-hybridized carbons (Fsp3) is 0.917. The van der Waals surface area contributed by atoms with Crippen LogP contribution < -0.4 is 11.1 Å². The van der Waals surface area contributed by atoms with Crippen molar-refractivity contribution in [2.75, 3.05) is 73.1 Å². The van der Waals surface area contributed by atoms with Gasteiger partial charge in [0.05, 0.1) is 52.9 Å². The predicted octanol–water partition coefficient (Wildman–Crippen LogP) is -0.632. The van der Waals surface area contributed by atoms with Crippen LogP contribution in [0.4, 0.5) is 4.79 Å². The van der Waals surface area contributed by atoms with Crippen molar-refractivity contribution in [3.05, 3.63) is 0 Å². The van der Waals surface area contributed by atoms with Crippen molar-refractivity contribution in [1.82, 2.24) is 5.32 Å². The summed E-state index contributed by atoms with van der Waals surface area (Å²) in [6, 6.07) is 0. The fourth-order valence-corrected chi connectivity index (χ4v) is 1.11. The second-order valence-electron chi connectivity index (χ2n) is 3.62. The maximum atomic E-state index is 10.7. The van der Waals surface area contributed by atoms with Crippen LogP contribution in [-0.2, 0) is 23.7 Å². The van der Waals surface area contributed by atoms with Crippen molar-refractivity contribution < 1.29 is 28.5 Å². The highest BCUT2D eigenvalue weighted by molar-refractivity contribution is 5.66. The average Bonchev–Trinajstić information content (AvgIpc) is 2.47. The third-order valence-electron chi connectivity index (χ3n) is 2.04. The minimum absolute atomic E-state index is 0.228. The largest absolute Gasteiger partial charge is 0.447 e. The van der Waals surface area contributed by atoms with Crippen LogP contribution >= 0.6 is 0 Å². The quantitative estimate of drug-likeness (QED) is 0.411. The van der Waals surface area contributed by atoms with E-state index in [1.807, 2.05) is 0 Å². The van der Waals surface area contributed by atoms with E-state index in [-0.39, 0.29) is 6.61 Å². The second-order valence-corrected chi connectivity index (χ2v) is 3.62. The van der Waals surface area contributed by atoms with E-state index in [4.69, 9.17) is 29.4 Å². The van der Waals surface area contributed by atoms with Gasteiger partial charge in [0, 0.05) is 13.6 Å². The van der Waals surface area contributed by atoms with Gasteiger partial charge < -0.3 is 34.7 Å². The number of hydrogen-bond donors (Lipinski definition) is 2. The summed E-state index contributed by atoms with van der Waals surface area (Å²) >= 11 is 0. The van der Waals surface area contributed by atoms with Crippen molar-refractivity contribution in [3.8, 4) is 0 Å². The molecule has 0 radical (unpaired) electrons. The van der Waals surface area contributed by atoms with Gasteiger partial charge in [0.2, 0.25) is 0 Å². The molecule has 0 heterocycles. The van der Waals surface area contributed by atoms with Crippen molar-refractivity contribution >= 4 is 6.09 Å². The Morgan fingerprint density at radius 3 is 1.60 bits per heavy atom. The van der Waals surface area contributed by atoms with Gasteiger partial charge in [-0.1, -0.05) is 0 Å². The van der Waals surface area contributed by atoms with E-state index in [9.17, 15) is 4.79 Å². The molecule has 0 aromatic rings. The summed E-state index contributed by atoms with van der Waals surface area (Å²) in [6.45, 7) is 4.71. The molecule has 20 heavy (non-hydrogen) atoms. The topological polar surface area (TPSA) is 101 Å². The van der Waals surface area contributed by atoms with E-state index in [1.165, 1.54) is 7.05 Å². The molecular formula is C12H26N2O6. The van der Waals surface area contributed by atoms with Gasteiger partial charge in [0.1, 0.15) is 6.61 Å². The second kappa shape index (κ2) is 16.1. The molecule has 8 heteroatoms. The van der Waals surface area contributed by atoms with E-state index < -0.39 is 6.09 Å². The summed E-state index contributed by atoms with van der Waals surface area (Å²) in [5.41, 5.74) is 5.26. The molecular weight excluding hydrogens is 268 g/mol. The van der Waals surface area contributed by atoms with E-state index in [1.54, 1.807) is 0 Å². The van der Waals surface area contributed by atoms with Crippen LogP contribution in [-0.4, -0.2) is 79.1 Å². The Morgan fingerprint density at radius 2 is 1.20 bits per heavy atom. The molecule has 0 aliphatic rings. The molecule has 0 aromatic carbocycles. The molecule has 0 bridgehead atoms. The van der Waals surface area contributed by atoms with Crippen molar-refractivity contribution in [1.29, 1.82) is 0 Å². The number of hydrogen-bond acceptors (Lipinski definition) is 7. The Bertz CT molecular complexity index is 218. The van der Waals surface area contributed by atoms with E-state index in [0.717, 1.165) is 0 Å². The van der Waals surface area contributed by atoms with Gasteiger partial charge >= 0.3 is 6.09 Å². The smallest absolute Gasteiger partial charge is 0.406 e. The lowest BCUT2D eigenvalue weighted by Crippen LogP contribution is -2.21. The number of ether oxygens (including phenoxy) is 5. The molecule has 120 valence electrons. The maximum Gasteiger partial charge on any atom is 0.406 e. The molecule has 0 unspecified atom stereocenters. The SMILES string of the molecule is CNC(=O)OCCOCCOCCOCCOCCN. The van der Waals surface area contributed by atoms with E-state index in [0.29, 0.717) is 59.4 Å². The summed E-state index contributed by atoms with van der Waals surface area (Å²) in [5, 5.41) is 2.34. The highest BCUT2D eigenvalue weighted by atomic mass is 16.6. The first-order valence-corrected chi connectivity index (χ1v) is 6.66. The highest BCUT2D eigenvalue weighted by Crippen LogP contribution is 1.83.